The van der Waals surface area contributed by atoms with E-state index in [2.05, 4.69) is 48.4 Å². The lowest BCUT2D eigenvalue weighted by atomic mass is 10.3. The summed E-state index contributed by atoms with van der Waals surface area (Å²) in [6, 6.07) is 2.93. The predicted octanol–water partition coefficient (Wildman–Crippen LogP) is 1.99. The van der Waals surface area contributed by atoms with Crippen molar-refractivity contribution in [3.05, 3.63) is 29.8 Å². The molecule has 1 N–H and O–H groups in total. The molecule has 0 saturated carbocycles. The zero-order valence-electron chi connectivity index (χ0n) is 12.7. The molecule has 0 spiro atoms. The normalized spacial score (nSPS) is 13.1. The first-order valence-electron chi connectivity index (χ1n) is 7.25. The molecule has 2 heterocycles. The van der Waals surface area contributed by atoms with Gasteiger partial charge in [0.25, 0.3) is 0 Å². The standard InChI is InChI=1S/C14H24N6/c1-5-12(4)20-7-6-13(17-20)9-19-10-14(16-18-19)8-15-11(2)3/h6-7,10-12,15H,5,8-9H2,1-4H3. The molecular weight excluding hydrogens is 252 g/mol. The second-order valence-electron chi connectivity index (χ2n) is 5.49. The zero-order chi connectivity index (χ0) is 14.5. The van der Waals surface area contributed by atoms with Gasteiger partial charge in [0.2, 0.25) is 0 Å². The maximum Gasteiger partial charge on any atom is 0.0965 e. The van der Waals surface area contributed by atoms with Crippen LogP contribution in [0.4, 0.5) is 0 Å². The first-order chi connectivity index (χ1) is 9.58. The molecule has 1 unspecified atom stereocenters. The van der Waals surface area contributed by atoms with Gasteiger partial charge in [0.15, 0.2) is 0 Å². The maximum atomic E-state index is 4.57. The highest BCUT2D eigenvalue weighted by Gasteiger charge is 2.07. The number of nitrogens with zero attached hydrogens (tertiary/aromatic N) is 5. The fourth-order valence-electron chi connectivity index (χ4n) is 1.87. The van der Waals surface area contributed by atoms with E-state index in [1.807, 2.05) is 27.8 Å². The van der Waals surface area contributed by atoms with E-state index in [-0.39, 0.29) is 0 Å². The van der Waals surface area contributed by atoms with Crippen molar-refractivity contribution < 1.29 is 0 Å². The third kappa shape index (κ3) is 3.90. The molecule has 1 atom stereocenters. The molecule has 0 aromatic carbocycles. The smallest absolute Gasteiger partial charge is 0.0965 e. The van der Waals surface area contributed by atoms with E-state index in [9.17, 15) is 0 Å². The van der Waals surface area contributed by atoms with E-state index in [1.165, 1.54) is 0 Å². The van der Waals surface area contributed by atoms with Gasteiger partial charge in [-0.25, -0.2) is 4.68 Å². The summed E-state index contributed by atoms with van der Waals surface area (Å²) in [6.45, 7) is 9.98. The minimum Gasteiger partial charge on any atom is -0.309 e. The van der Waals surface area contributed by atoms with Crippen LogP contribution in [0.5, 0.6) is 0 Å². The van der Waals surface area contributed by atoms with Gasteiger partial charge in [0, 0.05) is 24.8 Å². The largest absolute Gasteiger partial charge is 0.309 e. The van der Waals surface area contributed by atoms with Crippen LogP contribution in [0.25, 0.3) is 0 Å². The quantitative estimate of drug-likeness (QED) is 0.840. The predicted molar refractivity (Wildman–Crippen MR) is 78.3 cm³/mol. The molecule has 6 heteroatoms. The molecule has 2 aromatic rings. The Hall–Kier alpha value is -1.69. The Morgan fingerprint density at radius 3 is 2.75 bits per heavy atom. The van der Waals surface area contributed by atoms with Crippen LogP contribution in [0.15, 0.2) is 18.5 Å². The molecule has 0 aliphatic rings. The van der Waals surface area contributed by atoms with Crippen LogP contribution in [0.2, 0.25) is 0 Å². The SMILES string of the molecule is CCC(C)n1ccc(Cn2cc(CNC(C)C)nn2)n1. The van der Waals surface area contributed by atoms with Gasteiger partial charge < -0.3 is 5.32 Å². The molecule has 0 bridgehead atoms. The van der Waals surface area contributed by atoms with E-state index in [4.69, 9.17) is 0 Å². The number of hydrogen-bond acceptors (Lipinski definition) is 4. The maximum absolute atomic E-state index is 4.57. The lowest BCUT2D eigenvalue weighted by Crippen LogP contribution is -2.21. The van der Waals surface area contributed by atoms with E-state index in [0.717, 1.165) is 24.4 Å². The summed E-state index contributed by atoms with van der Waals surface area (Å²) in [5, 5.41) is 16.2. The molecule has 2 rings (SSSR count). The molecule has 0 radical (unpaired) electrons. The molecule has 20 heavy (non-hydrogen) atoms. The van der Waals surface area contributed by atoms with Crippen molar-refractivity contribution in [2.45, 2.75) is 59.3 Å². The highest BCUT2D eigenvalue weighted by molar-refractivity contribution is 5.01. The first-order valence-corrected chi connectivity index (χ1v) is 7.25. The number of hydrogen-bond donors (Lipinski definition) is 1. The second kappa shape index (κ2) is 6.65. The van der Waals surface area contributed by atoms with E-state index in [1.54, 1.807) is 0 Å². The zero-order valence-corrected chi connectivity index (χ0v) is 12.7. The summed E-state index contributed by atoms with van der Waals surface area (Å²) in [5.74, 6) is 0. The molecule has 0 saturated heterocycles. The van der Waals surface area contributed by atoms with Crippen molar-refractivity contribution in [3.63, 3.8) is 0 Å². The second-order valence-corrected chi connectivity index (χ2v) is 5.49. The van der Waals surface area contributed by atoms with E-state index < -0.39 is 0 Å². The van der Waals surface area contributed by atoms with Gasteiger partial charge in [-0.15, -0.1) is 5.10 Å². The first kappa shape index (κ1) is 14.7. The highest BCUT2D eigenvalue weighted by atomic mass is 15.4. The van der Waals surface area contributed by atoms with Crippen molar-refractivity contribution in [1.29, 1.82) is 0 Å². The van der Waals surface area contributed by atoms with Crippen LogP contribution in [0, 0.1) is 0 Å². The third-order valence-electron chi connectivity index (χ3n) is 3.31. The van der Waals surface area contributed by atoms with Crippen LogP contribution >= 0.6 is 0 Å². The van der Waals surface area contributed by atoms with Crippen LogP contribution < -0.4 is 5.32 Å². The molecule has 6 nitrogen and oxygen atoms in total. The Balaban J connectivity index is 1.94. The lowest BCUT2D eigenvalue weighted by Gasteiger charge is -2.08. The minimum absolute atomic E-state index is 0.435. The summed E-state index contributed by atoms with van der Waals surface area (Å²) in [5.41, 5.74) is 1.97. The molecular formula is C14H24N6. The van der Waals surface area contributed by atoms with Crippen LogP contribution in [0.3, 0.4) is 0 Å². The molecule has 110 valence electrons. The highest BCUT2D eigenvalue weighted by Crippen LogP contribution is 2.09. The van der Waals surface area contributed by atoms with Gasteiger partial charge in [-0.2, -0.15) is 5.10 Å². The monoisotopic (exact) mass is 276 g/mol. The van der Waals surface area contributed by atoms with Gasteiger partial charge in [-0.05, 0) is 19.4 Å². The summed E-state index contributed by atoms with van der Waals surface area (Å²) in [4.78, 5) is 0. The molecule has 0 aliphatic heterocycles. The van der Waals surface area contributed by atoms with Crippen molar-refractivity contribution >= 4 is 0 Å². The Kier molecular flexibility index (Phi) is 4.89. The number of rotatable bonds is 7. The molecule has 0 amide bonds. The van der Waals surface area contributed by atoms with Crippen molar-refractivity contribution in [2.75, 3.05) is 0 Å². The number of nitrogens with one attached hydrogen (secondary N) is 1. The van der Waals surface area contributed by atoms with E-state index in [0.29, 0.717) is 18.6 Å². The Morgan fingerprint density at radius 2 is 2.05 bits per heavy atom. The summed E-state index contributed by atoms with van der Waals surface area (Å²) >= 11 is 0. The fourth-order valence-corrected chi connectivity index (χ4v) is 1.87. The van der Waals surface area contributed by atoms with Gasteiger partial charge in [-0.3, -0.25) is 4.68 Å². The number of aromatic nitrogens is 5. The van der Waals surface area contributed by atoms with Crippen LogP contribution in [-0.2, 0) is 13.1 Å². The average Bonchev–Trinajstić information content (AvgIpc) is 3.05. The van der Waals surface area contributed by atoms with E-state index >= 15 is 0 Å². The summed E-state index contributed by atoms with van der Waals surface area (Å²) in [7, 11) is 0. The van der Waals surface area contributed by atoms with Crippen molar-refractivity contribution in [2.24, 2.45) is 0 Å². The molecule has 2 aromatic heterocycles. The third-order valence-corrected chi connectivity index (χ3v) is 3.31. The summed E-state index contributed by atoms with van der Waals surface area (Å²) < 4.78 is 3.84. The molecule has 0 fully saturated rings. The van der Waals surface area contributed by atoms with Crippen molar-refractivity contribution in [3.8, 4) is 0 Å². The van der Waals surface area contributed by atoms with Crippen LogP contribution in [-0.4, -0.2) is 30.8 Å². The van der Waals surface area contributed by atoms with Gasteiger partial charge in [-0.1, -0.05) is 26.0 Å². The topological polar surface area (TPSA) is 60.6 Å². The Morgan fingerprint density at radius 1 is 1.25 bits per heavy atom. The van der Waals surface area contributed by atoms with Crippen molar-refractivity contribution in [1.82, 2.24) is 30.1 Å². The molecule has 0 aliphatic carbocycles. The summed E-state index contributed by atoms with van der Waals surface area (Å²) in [6.07, 6.45) is 5.08. The fraction of sp³-hybridized carbons (Fsp3) is 0.643. The van der Waals surface area contributed by atoms with Crippen LogP contribution in [0.1, 0.15) is 51.5 Å². The lowest BCUT2D eigenvalue weighted by molar-refractivity contribution is 0.470. The minimum atomic E-state index is 0.435. The van der Waals surface area contributed by atoms with Gasteiger partial charge in [0.05, 0.1) is 24.1 Å². The Labute approximate surface area is 120 Å². The Bertz CT molecular complexity index is 527. The van der Waals surface area contributed by atoms with Gasteiger partial charge in [0.1, 0.15) is 0 Å². The average molecular weight is 276 g/mol. The van der Waals surface area contributed by atoms with Gasteiger partial charge >= 0.3 is 0 Å².